The first-order valence-corrected chi connectivity index (χ1v) is 9.76. The first-order chi connectivity index (χ1) is 13.9. The van der Waals surface area contributed by atoms with E-state index in [-0.39, 0.29) is 5.91 Å². The maximum atomic E-state index is 12.3. The normalized spacial score (nSPS) is 11.2. The number of hydrazone groups is 1. The topological polar surface area (TPSA) is 50.7 Å². The second-order valence-corrected chi connectivity index (χ2v) is 7.40. The summed E-state index contributed by atoms with van der Waals surface area (Å²) >= 11 is 12.0. The van der Waals surface area contributed by atoms with Gasteiger partial charge in [-0.3, -0.25) is 4.79 Å². The Labute approximate surface area is 180 Å². The van der Waals surface area contributed by atoms with Gasteiger partial charge in [-0.1, -0.05) is 59.1 Å². The monoisotopic (exact) mass is 426 g/mol. The van der Waals surface area contributed by atoms with Crippen molar-refractivity contribution in [1.29, 1.82) is 0 Å². The van der Waals surface area contributed by atoms with Crippen LogP contribution in [0.15, 0.2) is 71.8 Å². The molecule has 1 N–H and O–H groups in total. The Hall–Kier alpha value is -2.82. The Kier molecular flexibility index (Phi) is 6.91. The summed E-state index contributed by atoms with van der Waals surface area (Å²) in [5.74, 6) is 0.343. The molecule has 0 unspecified atom stereocenters. The fraction of sp³-hybridized carbons (Fsp3) is 0.130. The number of halogens is 2. The Balaban J connectivity index is 1.58. The zero-order valence-corrected chi connectivity index (χ0v) is 17.6. The molecule has 29 heavy (non-hydrogen) atoms. The summed E-state index contributed by atoms with van der Waals surface area (Å²) in [6.45, 7) is 4.18. The van der Waals surface area contributed by atoms with Gasteiger partial charge in [-0.15, -0.1) is 0 Å². The molecule has 4 nitrogen and oxygen atoms in total. The van der Waals surface area contributed by atoms with Crippen molar-refractivity contribution in [1.82, 2.24) is 5.43 Å². The molecule has 6 heteroatoms. The van der Waals surface area contributed by atoms with Gasteiger partial charge >= 0.3 is 0 Å². The second kappa shape index (κ2) is 9.59. The number of carbonyl (C=O) groups excluding carboxylic acids is 1. The van der Waals surface area contributed by atoms with Crippen LogP contribution in [-0.2, 0) is 6.61 Å². The molecule has 0 radical (unpaired) electrons. The number of nitrogens with zero attached hydrogens (tertiary/aromatic N) is 1. The van der Waals surface area contributed by atoms with E-state index in [0.29, 0.717) is 28.0 Å². The Morgan fingerprint density at radius 1 is 0.966 bits per heavy atom. The molecule has 0 heterocycles. The third kappa shape index (κ3) is 5.83. The lowest BCUT2D eigenvalue weighted by molar-refractivity contribution is 0.0955. The smallest absolute Gasteiger partial charge is 0.271 e. The van der Waals surface area contributed by atoms with Crippen molar-refractivity contribution in [3.63, 3.8) is 0 Å². The largest absolute Gasteiger partial charge is 0.489 e. The Morgan fingerprint density at radius 3 is 2.28 bits per heavy atom. The van der Waals surface area contributed by atoms with Gasteiger partial charge in [0.15, 0.2) is 0 Å². The zero-order valence-electron chi connectivity index (χ0n) is 16.1. The third-order valence-electron chi connectivity index (χ3n) is 4.32. The SMILES string of the molecule is C/C(=N/NC(=O)c1ccc(OCc2ccc(Cl)cc2Cl)cc1)c1ccc(C)cc1. The number of rotatable bonds is 6. The van der Waals surface area contributed by atoms with Crippen LogP contribution in [0.5, 0.6) is 5.75 Å². The van der Waals surface area contributed by atoms with Crippen molar-refractivity contribution >= 4 is 34.8 Å². The number of carbonyl (C=O) groups is 1. The van der Waals surface area contributed by atoms with Gasteiger partial charge in [0.05, 0.1) is 5.71 Å². The Bertz CT molecular complexity index is 1030. The van der Waals surface area contributed by atoms with E-state index in [1.807, 2.05) is 44.2 Å². The molecule has 0 aliphatic carbocycles. The first-order valence-electron chi connectivity index (χ1n) is 9.01. The number of amides is 1. The molecule has 0 fully saturated rings. The van der Waals surface area contributed by atoms with E-state index in [9.17, 15) is 4.79 Å². The lowest BCUT2D eigenvalue weighted by atomic mass is 10.1. The maximum absolute atomic E-state index is 12.3. The highest BCUT2D eigenvalue weighted by Gasteiger charge is 2.07. The number of hydrogen-bond donors (Lipinski definition) is 1. The van der Waals surface area contributed by atoms with Crippen molar-refractivity contribution in [3.05, 3.63) is 99.0 Å². The van der Waals surface area contributed by atoms with E-state index in [0.717, 1.165) is 16.8 Å². The number of hydrogen-bond acceptors (Lipinski definition) is 3. The molecule has 0 bridgehead atoms. The van der Waals surface area contributed by atoms with Gasteiger partial charge in [-0.25, -0.2) is 5.43 Å². The summed E-state index contributed by atoms with van der Waals surface area (Å²) in [6.07, 6.45) is 0. The van der Waals surface area contributed by atoms with E-state index in [1.165, 1.54) is 5.56 Å². The summed E-state index contributed by atoms with van der Waals surface area (Å²) in [5, 5.41) is 5.31. The molecule has 1 amide bonds. The van der Waals surface area contributed by atoms with Gasteiger partial charge in [-0.2, -0.15) is 5.10 Å². The van der Waals surface area contributed by atoms with Crippen molar-refractivity contribution in [2.75, 3.05) is 0 Å². The summed E-state index contributed by atoms with van der Waals surface area (Å²) in [6, 6.07) is 20.0. The minimum absolute atomic E-state index is 0.288. The molecule has 0 spiro atoms. The van der Waals surface area contributed by atoms with Crippen molar-refractivity contribution < 1.29 is 9.53 Å². The van der Waals surface area contributed by atoms with E-state index in [4.69, 9.17) is 27.9 Å². The third-order valence-corrected chi connectivity index (χ3v) is 4.91. The number of benzene rings is 3. The summed E-state index contributed by atoms with van der Waals surface area (Å²) in [5.41, 5.74) is 6.77. The molecule has 3 rings (SSSR count). The quantitative estimate of drug-likeness (QED) is 0.386. The van der Waals surface area contributed by atoms with Crippen LogP contribution in [0.25, 0.3) is 0 Å². The van der Waals surface area contributed by atoms with E-state index in [1.54, 1.807) is 36.4 Å². The van der Waals surface area contributed by atoms with Crippen LogP contribution in [0, 0.1) is 6.92 Å². The molecule has 3 aromatic rings. The van der Waals surface area contributed by atoms with Crippen LogP contribution in [0.3, 0.4) is 0 Å². The molecule has 0 aliphatic rings. The number of aryl methyl sites for hydroxylation is 1. The summed E-state index contributed by atoms with van der Waals surface area (Å²) in [4.78, 5) is 12.3. The molecular formula is C23H20Cl2N2O2. The molecule has 0 aliphatic heterocycles. The highest BCUT2D eigenvalue weighted by molar-refractivity contribution is 6.35. The molecule has 0 atom stereocenters. The molecule has 0 saturated heterocycles. The molecule has 0 saturated carbocycles. The van der Waals surface area contributed by atoms with Gasteiger partial charge in [0.1, 0.15) is 12.4 Å². The fourth-order valence-electron chi connectivity index (χ4n) is 2.56. The summed E-state index contributed by atoms with van der Waals surface area (Å²) < 4.78 is 5.73. The van der Waals surface area contributed by atoms with Crippen molar-refractivity contribution in [3.8, 4) is 5.75 Å². The number of ether oxygens (including phenoxy) is 1. The zero-order chi connectivity index (χ0) is 20.8. The van der Waals surface area contributed by atoms with Crippen LogP contribution in [0.4, 0.5) is 0 Å². The van der Waals surface area contributed by atoms with E-state index in [2.05, 4.69) is 10.5 Å². The fourth-order valence-corrected chi connectivity index (χ4v) is 3.02. The van der Waals surface area contributed by atoms with Gasteiger partial charge < -0.3 is 4.74 Å². The lowest BCUT2D eigenvalue weighted by Crippen LogP contribution is -2.19. The predicted molar refractivity (Wildman–Crippen MR) is 118 cm³/mol. The lowest BCUT2D eigenvalue weighted by Gasteiger charge is -2.09. The van der Waals surface area contributed by atoms with Crippen LogP contribution in [0.1, 0.15) is 34.0 Å². The van der Waals surface area contributed by atoms with Gasteiger partial charge in [0, 0.05) is 21.2 Å². The first kappa shape index (κ1) is 20.9. The molecule has 3 aromatic carbocycles. The van der Waals surface area contributed by atoms with Crippen molar-refractivity contribution in [2.24, 2.45) is 5.10 Å². The summed E-state index contributed by atoms with van der Waals surface area (Å²) in [7, 11) is 0. The molecular weight excluding hydrogens is 407 g/mol. The van der Waals surface area contributed by atoms with Crippen molar-refractivity contribution in [2.45, 2.75) is 20.5 Å². The average Bonchev–Trinajstić information content (AvgIpc) is 2.72. The average molecular weight is 427 g/mol. The number of nitrogens with one attached hydrogen (secondary N) is 1. The second-order valence-electron chi connectivity index (χ2n) is 6.55. The maximum Gasteiger partial charge on any atom is 0.271 e. The van der Waals surface area contributed by atoms with Gasteiger partial charge in [-0.05, 0) is 55.8 Å². The minimum Gasteiger partial charge on any atom is -0.489 e. The van der Waals surface area contributed by atoms with Crippen LogP contribution < -0.4 is 10.2 Å². The van der Waals surface area contributed by atoms with E-state index >= 15 is 0 Å². The van der Waals surface area contributed by atoms with Crippen LogP contribution in [-0.4, -0.2) is 11.6 Å². The molecule has 0 aromatic heterocycles. The molecule has 148 valence electrons. The van der Waals surface area contributed by atoms with Gasteiger partial charge in [0.25, 0.3) is 5.91 Å². The Morgan fingerprint density at radius 2 is 1.62 bits per heavy atom. The highest BCUT2D eigenvalue weighted by Crippen LogP contribution is 2.23. The van der Waals surface area contributed by atoms with Crippen LogP contribution in [0.2, 0.25) is 10.0 Å². The minimum atomic E-state index is -0.288. The predicted octanol–water partition coefficient (Wildman–Crippen LogP) is 6.03. The van der Waals surface area contributed by atoms with Gasteiger partial charge in [0.2, 0.25) is 0 Å². The standard InChI is InChI=1S/C23H20Cl2N2O2/c1-15-3-5-17(6-4-15)16(2)26-27-23(28)18-8-11-21(12-9-18)29-14-19-7-10-20(24)13-22(19)25/h3-13H,14H2,1-2H3,(H,27,28)/b26-16-. The van der Waals surface area contributed by atoms with Crippen LogP contribution >= 0.6 is 23.2 Å². The highest BCUT2D eigenvalue weighted by atomic mass is 35.5. The van der Waals surface area contributed by atoms with E-state index < -0.39 is 0 Å².